The van der Waals surface area contributed by atoms with Gasteiger partial charge in [-0.1, -0.05) is 52.3 Å². The number of carboxylic acid groups (broad SMARTS) is 1. The second-order valence-corrected chi connectivity index (χ2v) is 27.5. The Morgan fingerprint density at radius 3 is 1.25 bits per heavy atom. The maximum absolute atomic E-state index is 14.4. The van der Waals surface area contributed by atoms with E-state index in [1.54, 1.807) is 45.0 Å². The molecule has 0 aliphatic rings. The fraction of sp³-hybridized carbons (Fsp3) is 0.657. The lowest BCUT2D eigenvalue weighted by Crippen LogP contribution is -2.62. The van der Waals surface area contributed by atoms with Gasteiger partial charge in [0.2, 0.25) is 83.2 Å². The number of carbonyl (C=O) groups excluding carboxylic acids is 14. The highest BCUT2D eigenvalue weighted by Gasteiger charge is 2.39. The number of guanidine groups is 1. The number of hydrogen-bond donors (Lipinski definition) is 24. The molecule has 0 bridgehead atoms. The zero-order valence-electron chi connectivity index (χ0n) is 64.1. The Labute approximate surface area is 644 Å². The number of hydrogen-bond acceptors (Lipinski definition) is 24. The Bertz CT molecular complexity index is 3430. The summed E-state index contributed by atoms with van der Waals surface area (Å²) < 4.78 is 1.22. The van der Waals surface area contributed by atoms with Crippen LogP contribution >= 0.6 is 0 Å². The Morgan fingerprint density at radius 1 is 0.468 bits per heavy atom. The molecule has 0 saturated carbocycles. The van der Waals surface area contributed by atoms with E-state index in [-0.39, 0.29) is 109 Å². The number of aliphatic carboxylic acids is 1. The topological polar surface area (TPSA) is 707 Å². The highest BCUT2D eigenvalue weighted by molar-refractivity contribution is 6.00. The first-order valence-electron chi connectivity index (χ1n) is 37.3. The number of aliphatic hydroxyl groups excluding tert-OH is 3. The number of para-hydroxylation sites is 1. The first kappa shape index (κ1) is 97.0. The molecule has 624 valence electrons. The highest BCUT2D eigenvalue weighted by atomic mass is 16.4. The number of aromatic nitrogens is 1. The van der Waals surface area contributed by atoms with Crippen LogP contribution in [0.3, 0.4) is 0 Å². The average Bonchev–Trinajstić information content (AvgIpc) is 1.55. The molecule has 0 spiro atoms. The lowest BCUT2D eigenvalue weighted by Gasteiger charge is -2.29. The summed E-state index contributed by atoms with van der Waals surface area (Å²) in [7, 11) is 0. The van der Waals surface area contributed by atoms with Crippen LogP contribution in [-0.4, -0.2) is 251 Å². The van der Waals surface area contributed by atoms with Gasteiger partial charge in [-0.2, -0.15) is 0 Å². The second kappa shape index (κ2) is 51.4. The third kappa shape index (κ3) is 34.0. The zero-order chi connectivity index (χ0) is 83.6. The summed E-state index contributed by atoms with van der Waals surface area (Å²) in [6, 6.07) is -13.5. The third-order valence-electron chi connectivity index (χ3n) is 18.2. The number of benzene rings is 1. The first-order valence-corrected chi connectivity index (χ1v) is 37.3. The standard InChI is InChI=1S/C70H120N22O19/c1-7-38(4)54(76)66(107)84-45(22-12-16-28-73)60(101)89-51(35-94)65(106)90-55(37(2)3)67(108)85-47(24-18-30-79-70(77)78)61(102)88-50(34-93)64(105)83-44(21-11-15-27-72)58(99)82-46(23-13-17-29-74)62(103)91-56(40(6)96)68(109)80-39(5)57(98)81-43(20-10-14-26-71)59(100)86-48(63(104)87-49(69(110)111)32-53(75)97)31-41-33-92(36-95)52-25-9-8-19-42(41)52/h8-9,19,25,33,36-40,43-51,54-56,93-94,96H,7,10-18,20-24,26-32,34-35,71-74,76H2,1-6H3,(H2,75,97)(H,80,109)(H,81,98)(H,82,99)(H,83,105)(H,84,107)(H,85,108)(H,86,100)(H,87,104)(H,88,102)(H,89,101)(H,90,106)(H,91,103)(H,110,111)(H4,77,78,79)/t38-,39-,40+,43-,44-,45-,46-,47-,48-,49-,50-,51-,54-,55-,56-/m0/s1. The number of amides is 13. The molecule has 111 heavy (non-hydrogen) atoms. The van der Waals surface area contributed by atoms with Crippen LogP contribution in [0.1, 0.15) is 150 Å². The molecule has 2 rings (SSSR count). The first-order chi connectivity index (χ1) is 52.6. The maximum Gasteiger partial charge on any atom is 0.326 e. The van der Waals surface area contributed by atoms with Crippen molar-refractivity contribution in [3.05, 3.63) is 36.0 Å². The van der Waals surface area contributed by atoms with Crippen molar-refractivity contribution < 1.29 is 92.3 Å². The van der Waals surface area contributed by atoms with Gasteiger partial charge in [-0.05, 0) is 153 Å². The van der Waals surface area contributed by atoms with Crippen LogP contribution in [-0.2, 0) is 78.3 Å². The molecule has 41 nitrogen and oxygen atoms in total. The van der Waals surface area contributed by atoms with Gasteiger partial charge in [0.15, 0.2) is 5.96 Å². The van der Waals surface area contributed by atoms with Crippen LogP contribution in [0.5, 0.6) is 0 Å². The van der Waals surface area contributed by atoms with Gasteiger partial charge in [-0.3, -0.25) is 76.7 Å². The minimum absolute atomic E-state index is 0.0229. The number of nitrogens with one attached hydrogen (secondary N) is 12. The molecular weight excluding hydrogens is 1450 g/mol. The fourth-order valence-corrected chi connectivity index (χ4v) is 11.4. The second-order valence-electron chi connectivity index (χ2n) is 27.5. The van der Waals surface area contributed by atoms with Crippen molar-refractivity contribution in [1.29, 1.82) is 0 Å². The Morgan fingerprint density at radius 2 is 0.838 bits per heavy atom. The van der Waals surface area contributed by atoms with Crippen molar-refractivity contribution in [2.24, 2.45) is 62.7 Å². The SMILES string of the molecule is CC[C@H](C)[C@H](N)C(=O)N[C@@H](CCCCN)C(=O)N[C@@H](CO)C(=O)N[C@H](C(=O)N[C@@H](CCCN=C(N)N)C(=O)N[C@@H](CO)C(=O)N[C@@H](CCCCN)C(=O)N[C@@H](CCCCN)C(=O)N[C@H](C(=O)N[C@@H](C)C(=O)N[C@@H](CCCCN)C(=O)N[C@@H](Cc1cn(C=O)c2ccccc12)C(=O)N[C@@H](CC(N)=O)C(=O)O)[C@@H](C)O)C(C)C. The smallest absolute Gasteiger partial charge is 0.326 e. The Kier molecular flexibility index (Phi) is 45.0. The molecule has 2 aromatic rings. The van der Waals surface area contributed by atoms with Gasteiger partial charge < -0.3 is 130 Å². The van der Waals surface area contributed by atoms with Crippen LogP contribution < -0.4 is 110 Å². The van der Waals surface area contributed by atoms with Crippen LogP contribution in [0.2, 0.25) is 0 Å². The number of fused-ring (bicyclic) bond motifs is 1. The number of aliphatic imine (C=N–C) groups is 1. The molecule has 0 radical (unpaired) electrons. The van der Waals surface area contributed by atoms with E-state index in [2.05, 4.69) is 68.8 Å². The number of primary amides is 1. The van der Waals surface area contributed by atoms with Gasteiger partial charge in [-0.15, -0.1) is 0 Å². The minimum atomic E-state index is -1.85. The van der Waals surface area contributed by atoms with Crippen LogP contribution in [0.25, 0.3) is 10.9 Å². The van der Waals surface area contributed by atoms with Gasteiger partial charge in [0.25, 0.3) is 0 Å². The largest absolute Gasteiger partial charge is 0.480 e. The van der Waals surface area contributed by atoms with Crippen molar-refractivity contribution in [3.8, 4) is 0 Å². The van der Waals surface area contributed by atoms with Crippen molar-refractivity contribution in [2.75, 3.05) is 45.9 Å². The summed E-state index contributed by atoms with van der Waals surface area (Å²) in [4.78, 5) is 208. The summed E-state index contributed by atoms with van der Waals surface area (Å²) in [6.07, 6.45) is 1.55. The monoisotopic (exact) mass is 1570 g/mol. The molecule has 1 aromatic carbocycles. The van der Waals surface area contributed by atoms with Crippen LogP contribution in [0.4, 0.5) is 0 Å². The molecule has 13 amide bonds. The normalized spacial score (nSPS) is 15.3. The molecule has 0 saturated heterocycles. The van der Waals surface area contributed by atoms with Crippen molar-refractivity contribution in [1.82, 2.24) is 68.4 Å². The van der Waals surface area contributed by atoms with Gasteiger partial charge in [0.05, 0.1) is 37.3 Å². The quantitative estimate of drug-likeness (QED) is 0.0127. The zero-order valence-corrected chi connectivity index (χ0v) is 64.1. The number of unbranched alkanes of at least 4 members (excludes halogenated alkanes) is 4. The summed E-state index contributed by atoms with van der Waals surface area (Å²) in [6.45, 7) is 7.61. The van der Waals surface area contributed by atoms with E-state index >= 15 is 0 Å². The highest BCUT2D eigenvalue weighted by Crippen LogP contribution is 2.23. The predicted molar refractivity (Wildman–Crippen MR) is 408 cm³/mol. The Balaban J connectivity index is 2.44. The summed E-state index contributed by atoms with van der Waals surface area (Å²) >= 11 is 0. The van der Waals surface area contributed by atoms with E-state index in [4.69, 9.17) is 45.9 Å². The molecule has 41 heteroatoms. The fourth-order valence-electron chi connectivity index (χ4n) is 11.4. The van der Waals surface area contributed by atoms with Crippen LogP contribution in [0, 0.1) is 11.8 Å². The number of carboxylic acids is 1. The van der Waals surface area contributed by atoms with E-state index in [1.807, 2.05) is 6.92 Å². The number of carbonyl (C=O) groups is 15. The summed E-state index contributed by atoms with van der Waals surface area (Å²) in [5.74, 6) is -15.9. The lowest BCUT2D eigenvalue weighted by molar-refractivity contribution is -0.143. The van der Waals surface area contributed by atoms with Gasteiger partial charge in [-0.25, -0.2) is 4.79 Å². The summed E-state index contributed by atoms with van der Waals surface area (Å²) in [5, 5.41) is 71.9. The van der Waals surface area contributed by atoms with Crippen molar-refractivity contribution in [2.45, 2.75) is 235 Å². The van der Waals surface area contributed by atoms with Crippen molar-refractivity contribution >= 4 is 106 Å². The van der Waals surface area contributed by atoms with Gasteiger partial charge >= 0.3 is 5.97 Å². The van der Waals surface area contributed by atoms with E-state index < -0.39 is 193 Å². The number of rotatable bonds is 56. The molecular formula is C70H120N22O19. The van der Waals surface area contributed by atoms with Gasteiger partial charge in [0, 0.05) is 24.5 Å². The van der Waals surface area contributed by atoms with E-state index in [9.17, 15) is 92.3 Å². The number of aliphatic hydroxyl groups is 3. The minimum Gasteiger partial charge on any atom is -0.480 e. The maximum atomic E-state index is 14.4. The molecule has 1 heterocycles. The third-order valence-corrected chi connectivity index (χ3v) is 18.2. The van der Waals surface area contributed by atoms with E-state index in [0.717, 1.165) is 6.92 Å². The molecule has 0 fully saturated rings. The molecule has 0 unspecified atom stereocenters. The molecule has 1 aromatic heterocycles. The lowest BCUT2D eigenvalue weighted by atomic mass is 9.98. The Hall–Kier alpha value is -10.0. The average molecular weight is 1570 g/mol. The molecule has 0 aliphatic carbocycles. The van der Waals surface area contributed by atoms with Crippen molar-refractivity contribution in [3.63, 3.8) is 0 Å². The molecule has 32 N–H and O–H groups in total. The van der Waals surface area contributed by atoms with Gasteiger partial charge in [0.1, 0.15) is 72.5 Å². The molecule has 0 aliphatic heterocycles. The number of nitrogens with zero attached hydrogens (tertiary/aromatic N) is 2. The number of nitrogens with two attached hydrogens (primary N) is 8. The predicted octanol–water partition coefficient (Wildman–Crippen LogP) is -8.02. The molecule has 15 atom stereocenters. The van der Waals surface area contributed by atoms with E-state index in [1.165, 1.54) is 17.7 Å². The summed E-state index contributed by atoms with van der Waals surface area (Å²) in [5.41, 5.74) is 46.2. The van der Waals surface area contributed by atoms with E-state index in [0.29, 0.717) is 61.4 Å². The van der Waals surface area contributed by atoms with Crippen LogP contribution in [0.15, 0.2) is 35.5 Å².